The SMILES string of the molecule is Cc1nc2c(c(-c3ccc(O)cc3)n1)CN(Cc1cccnc1)CC2. The molecule has 1 aliphatic heterocycles. The number of hydrogen-bond acceptors (Lipinski definition) is 5. The molecule has 25 heavy (non-hydrogen) atoms. The van der Waals surface area contributed by atoms with Crippen LogP contribution in [-0.2, 0) is 19.5 Å². The van der Waals surface area contributed by atoms with Crippen LogP contribution in [0.3, 0.4) is 0 Å². The molecule has 0 amide bonds. The van der Waals surface area contributed by atoms with Crippen molar-refractivity contribution in [1.82, 2.24) is 19.9 Å². The Balaban J connectivity index is 1.67. The first-order valence-electron chi connectivity index (χ1n) is 8.46. The number of benzene rings is 1. The first kappa shape index (κ1) is 15.7. The van der Waals surface area contributed by atoms with Crippen LogP contribution in [0.5, 0.6) is 5.75 Å². The van der Waals surface area contributed by atoms with Crippen molar-refractivity contribution in [3.63, 3.8) is 0 Å². The minimum Gasteiger partial charge on any atom is -0.508 e. The standard InChI is InChI=1S/C20H20N4O/c1-14-22-19-8-10-24(12-15-3-2-9-21-11-15)13-18(19)20(23-14)16-4-6-17(25)7-5-16/h2-7,9,11,25H,8,10,12-13H2,1H3. The van der Waals surface area contributed by atoms with E-state index in [1.165, 1.54) is 11.1 Å². The van der Waals surface area contributed by atoms with E-state index in [0.717, 1.165) is 48.8 Å². The minimum absolute atomic E-state index is 0.265. The molecule has 0 spiro atoms. The molecule has 3 aromatic rings. The summed E-state index contributed by atoms with van der Waals surface area (Å²) < 4.78 is 0. The number of pyridine rings is 1. The fourth-order valence-corrected chi connectivity index (χ4v) is 3.34. The predicted molar refractivity (Wildman–Crippen MR) is 95.9 cm³/mol. The molecule has 0 atom stereocenters. The van der Waals surface area contributed by atoms with Crippen molar-refractivity contribution >= 4 is 0 Å². The quantitative estimate of drug-likeness (QED) is 0.798. The summed E-state index contributed by atoms with van der Waals surface area (Å²) in [4.78, 5) is 16.0. The van der Waals surface area contributed by atoms with Crippen LogP contribution < -0.4 is 0 Å². The van der Waals surface area contributed by atoms with Crippen LogP contribution in [0.15, 0.2) is 48.8 Å². The van der Waals surface area contributed by atoms with Crippen molar-refractivity contribution in [3.8, 4) is 17.0 Å². The molecular weight excluding hydrogens is 312 g/mol. The highest BCUT2D eigenvalue weighted by Gasteiger charge is 2.22. The monoisotopic (exact) mass is 332 g/mol. The average Bonchev–Trinajstić information content (AvgIpc) is 2.63. The van der Waals surface area contributed by atoms with Crippen molar-refractivity contribution in [2.75, 3.05) is 6.54 Å². The highest BCUT2D eigenvalue weighted by Crippen LogP contribution is 2.29. The van der Waals surface area contributed by atoms with Crippen LogP contribution in [-0.4, -0.2) is 31.5 Å². The molecule has 0 fully saturated rings. The molecule has 1 N–H and O–H groups in total. The number of aromatic nitrogens is 3. The maximum Gasteiger partial charge on any atom is 0.126 e. The van der Waals surface area contributed by atoms with Gasteiger partial charge in [0.1, 0.15) is 11.6 Å². The van der Waals surface area contributed by atoms with E-state index >= 15 is 0 Å². The Morgan fingerprint density at radius 1 is 1.12 bits per heavy atom. The first-order valence-corrected chi connectivity index (χ1v) is 8.46. The number of aromatic hydroxyl groups is 1. The average molecular weight is 332 g/mol. The van der Waals surface area contributed by atoms with Crippen molar-refractivity contribution < 1.29 is 5.11 Å². The van der Waals surface area contributed by atoms with E-state index in [0.29, 0.717) is 0 Å². The second-order valence-corrected chi connectivity index (χ2v) is 6.41. The van der Waals surface area contributed by atoms with Gasteiger partial charge in [0.25, 0.3) is 0 Å². The molecule has 5 nitrogen and oxygen atoms in total. The minimum atomic E-state index is 0.265. The normalized spacial score (nSPS) is 14.3. The summed E-state index contributed by atoms with van der Waals surface area (Å²) >= 11 is 0. The van der Waals surface area contributed by atoms with E-state index < -0.39 is 0 Å². The fraction of sp³-hybridized carbons (Fsp3) is 0.250. The summed E-state index contributed by atoms with van der Waals surface area (Å²) in [5, 5.41) is 9.56. The van der Waals surface area contributed by atoms with Crippen LogP contribution >= 0.6 is 0 Å². The van der Waals surface area contributed by atoms with Gasteiger partial charge in [0.15, 0.2) is 0 Å². The van der Waals surface area contributed by atoms with Gasteiger partial charge in [-0.05, 0) is 42.8 Å². The van der Waals surface area contributed by atoms with Crippen molar-refractivity contribution in [1.29, 1.82) is 0 Å². The number of rotatable bonds is 3. The predicted octanol–water partition coefficient (Wildman–Crippen LogP) is 3.11. The van der Waals surface area contributed by atoms with Gasteiger partial charge < -0.3 is 5.11 Å². The summed E-state index contributed by atoms with van der Waals surface area (Å²) in [6.45, 7) is 4.61. The van der Waals surface area contributed by atoms with Crippen molar-refractivity contribution in [3.05, 3.63) is 71.4 Å². The Morgan fingerprint density at radius 2 is 1.96 bits per heavy atom. The van der Waals surface area contributed by atoms with Gasteiger partial charge in [-0.15, -0.1) is 0 Å². The third-order valence-corrected chi connectivity index (χ3v) is 4.52. The van der Waals surface area contributed by atoms with Gasteiger partial charge >= 0.3 is 0 Å². The number of phenols is 1. The fourth-order valence-electron chi connectivity index (χ4n) is 3.34. The maximum absolute atomic E-state index is 9.56. The molecule has 0 saturated carbocycles. The third-order valence-electron chi connectivity index (χ3n) is 4.52. The Kier molecular flexibility index (Phi) is 4.15. The van der Waals surface area contributed by atoms with Gasteiger partial charge in [0, 0.05) is 49.6 Å². The van der Waals surface area contributed by atoms with Crippen LogP contribution in [0.25, 0.3) is 11.3 Å². The van der Waals surface area contributed by atoms with E-state index in [2.05, 4.69) is 20.9 Å². The molecule has 5 heteroatoms. The molecule has 0 aliphatic carbocycles. The number of hydrogen-bond donors (Lipinski definition) is 1. The van der Waals surface area contributed by atoms with Crippen LogP contribution in [0.4, 0.5) is 0 Å². The molecule has 0 saturated heterocycles. The van der Waals surface area contributed by atoms with Gasteiger partial charge in [-0.2, -0.15) is 0 Å². The molecule has 1 aliphatic rings. The van der Waals surface area contributed by atoms with Gasteiger partial charge in [-0.25, -0.2) is 9.97 Å². The zero-order valence-corrected chi connectivity index (χ0v) is 14.2. The lowest BCUT2D eigenvalue weighted by molar-refractivity contribution is 0.243. The van der Waals surface area contributed by atoms with Crippen molar-refractivity contribution in [2.45, 2.75) is 26.4 Å². The zero-order valence-electron chi connectivity index (χ0n) is 14.2. The van der Waals surface area contributed by atoms with Gasteiger partial charge in [-0.1, -0.05) is 6.07 Å². The molecule has 0 unspecified atom stereocenters. The molecule has 0 radical (unpaired) electrons. The van der Waals surface area contributed by atoms with E-state index in [4.69, 9.17) is 4.98 Å². The lowest BCUT2D eigenvalue weighted by Crippen LogP contribution is -2.31. The largest absolute Gasteiger partial charge is 0.508 e. The van der Waals surface area contributed by atoms with E-state index in [1.807, 2.05) is 31.3 Å². The summed E-state index contributed by atoms with van der Waals surface area (Å²) in [6, 6.07) is 11.3. The molecular formula is C20H20N4O. The maximum atomic E-state index is 9.56. The van der Waals surface area contributed by atoms with Crippen LogP contribution in [0.2, 0.25) is 0 Å². The molecule has 1 aromatic carbocycles. The Bertz CT molecular complexity index is 878. The second kappa shape index (κ2) is 6.61. The van der Waals surface area contributed by atoms with E-state index in [9.17, 15) is 5.11 Å². The zero-order chi connectivity index (χ0) is 17.2. The number of aryl methyl sites for hydroxylation is 1. The number of phenolic OH excluding ortho intramolecular Hbond substituents is 1. The molecule has 4 rings (SSSR count). The smallest absolute Gasteiger partial charge is 0.126 e. The van der Waals surface area contributed by atoms with Gasteiger partial charge in [-0.3, -0.25) is 9.88 Å². The summed E-state index contributed by atoms with van der Waals surface area (Å²) in [6.07, 6.45) is 4.64. The Labute approximate surface area is 147 Å². The van der Waals surface area contributed by atoms with E-state index in [1.54, 1.807) is 18.3 Å². The van der Waals surface area contributed by atoms with Crippen LogP contribution in [0.1, 0.15) is 22.6 Å². The lowest BCUT2D eigenvalue weighted by Gasteiger charge is -2.29. The molecule has 0 bridgehead atoms. The first-order chi connectivity index (χ1) is 12.2. The summed E-state index contributed by atoms with van der Waals surface area (Å²) in [5.41, 5.74) is 5.52. The van der Waals surface area contributed by atoms with E-state index in [-0.39, 0.29) is 5.75 Å². The summed E-state index contributed by atoms with van der Waals surface area (Å²) in [7, 11) is 0. The Morgan fingerprint density at radius 3 is 2.72 bits per heavy atom. The molecule has 2 aromatic heterocycles. The number of nitrogens with zero attached hydrogens (tertiary/aromatic N) is 4. The number of fused-ring (bicyclic) bond motifs is 1. The van der Waals surface area contributed by atoms with Crippen LogP contribution in [0, 0.1) is 6.92 Å². The molecule has 3 heterocycles. The Hall–Kier alpha value is -2.79. The molecule has 126 valence electrons. The topological polar surface area (TPSA) is 62.1 Å². The van der Waals surface area contributed by atoms with Gasteiger partial charge in [0.05, 0.1) is 11.4 Å². The second-order valence-electron chi connectivity index (χ2n) is 6.41. The summed E-state index contributed by atoms with van der Waals surface area (Å²) in [5.74, 6) is 1.06. The highest BCUT2D eigenvalue weighted by molar-refractivity contribution is 5.65. The highest BCUT2D eigenvalue weighted by atomic mass is 16.3. The lowest BCUT2D eigenvalue weighted by atomic mass is 9.98. The third kappa shape index (κ3) is 3.37. The van der Waals surface area contributed by atoms with Crippen molar-refractivity contribution in [2.24, 2.45) is 0 Å². The van der Waals surface area contributed by atoms with Gasteiger partial charge in [0.2, 0.25) is 0 Å².